The van der Waals surface area contributed by atoms with Gasteiger partial charge in [0.05, 0.1) is 24.2 Å². The smallest absolute Gasteiger partial charge is 0.251 e. The van der Waals surface area contributed by atoms with Crippen molar-refractivity contribution >= 4 is 11.7 Å². The molecule has 3 aromatic carbocycles. The summed E-state index contributed by atoms with van der Waals surface area (Å²) in [7, 11) is 0. The van der Waals surface area contributed by atoms with E-state index in [-0.39, 0.29) is 33.1 Å². The Morgan fingerprint density at radius 2 is 1.68 bits per heavy atom. The maximum atomic E-state index is 13.5. The minimum Gasteiger partial charge on any atom is -0.454 e. The number of carbonyl (C=O) groups excluding carboxylic acids is 2. The van der Waals surface area contributed by atoms with Gasteiger partial charge in [-0.3, -0.25) is 9.59 Å². The largest absolute Gasteiger partial charge is 0.454 e. The van der Waals surface area contributed by atoms with Gasteiger partial charge < -0.3 is 25.0 Å². The number of Topliss-reactive ketones (excluding diaryl/α,β-unsaturated/α-hetero) is 1. The molecule has 0 spiro atoms. The molecule has 2 aliphatic rings. The van der Waals surface area contributed by atoms with E-state index < -0.39 is 11.0 Å². The predicted octanol–water partition coefficient (Wildman–Crippen LogP) is 4.34. The molecule has 5 rings (SSSR count). The molecule has 7 heteroatoms. The molecule has 1 aliphatic heterocycles. The predicted molar refractivity (Wildman–Crippen MR) is 146 cm³/mol. The summed E-state index contributed by atoms with van der Waals surface area (Å²) >= 11 is 0. The zero-order valence-corrected chi connectivity index (χ0v) is 21.8. The number of aliphatic hydroxyl groups excluding tert-OH is 2. The molecule has 3 N–H and O–H groups in total. The van der Waals surface area contributed by atoms with Gasteiger partial charge in [0.2, 0.25) is 6.79 Å². The van der Waals surface area contributed by atoms with Crippen LogP contribution in [0.25, 0.3) is 11.1 Å². The first kappa shape index (κ1) is 25.9. The summed E-state index contributed by atoms with van der Waals surface area (Å²) in [5.41, 5.74) is 3.88. The van der Waals surface area contributed by atoms with Crippen LogP contribution in [-0.2, 0) is 16.6 Å². The summed E-state index contributed by atoms with van der Waals surface area (Å²) in [5.74, 6) is 1.26. The molecule has 7 nitrogen and oxygen atoms in total. The maximum absolute atomic E-state index is 13.5. The van der Waals surface area contributed by atoms with Crippen LogP contribution in [0, 0.1) is 6.92 Å². The fourth-order valence-corrected chi connectivity index (χ4v) is 5.05. The lowest BCUT2D eigenvalue weighted by Gasteiger charge is -2.29. The van der Waals surface area contributed by atoms with Crippen LogP contribution in [-0.4, -0.2) is 47.4 Å². The Morgan fingerprint density at radius 1 is 0.974 bits per heavy atom. The highest BCUT2D eigenvalue weighted by atomic mass is 16.7. The van der Waals surface area contributed by atoms with E-state index in [9.17, 15) is 19.8 Å². The fourth-order valence-electron chi connectivity index (χ4n) is 5.05. The number of hydrogen-bond acceptors (Lipinski definition) is 6. The Bertz CT molecular complexity index is 1350. The van der Waals surface area contributed by atoms with Crippen molar-refractivity contribution in [3.63, 3.8) is 0 Å². The third-order valence-electron chi connectivity index (χ3n) is 7.99. The first-order chi connectivity index (χ1) is 18.3. The standard InChI is InChI=1S/C31H33NO6.H2/c1-3-30(17-33,18-34)32-29(36)23-8-6-22(7-9-23)25-14-21(5-4-20(25)2)15-28(35)31(12-13-31)24-10-11-26-27(16-24)38-19-37-26;/h4-11,14,16,33-34H,3,12-13,15,17-19H2,1-2H3,(H,32,36);1H. The number of ketones is 1. The minimum atomic E-state index is -1.05. The molecule has 0 bridgehead atoms. The zero-order valence-electron chi connectivity index (χ0n) is 21.8. The van der Waals surface area contributed by atoms with Gasteiger partial charge in [0.25, 0.3) is 5.91 Å². The van der Waals surface area contributed by atoms with Crippen molar-refractivity contribution < 1.29 is 30.7 Å². The van der Waals surface area contributed by atoms with Gasteiger partial charge in [0.1, 0.15) is 5.78 Å². The van der Waals surface area contributed by atoms with Gasteiger partial charge in [-0.25, -0.2) is 0 Å². The van der Waals surface area contributed by atoms with Gasteiger partial charge in [-0.1, -0.05) is 43.3 Å². The second kappa shape index (κ2) is 10.2. The molecule has 1 amide bonds. The number of fused-ring (bicyclic) bond motifs is 1. The highest BCUT2D eigenvalue weighted by Gasteiger charge is 2.50. The number of aryl methyl sites for hydroxylation is 1. The molecule has 1 saturated carbocycles. The lowest BCUT2D eigenvalue weighted by molar-refractivity contribution is -0.120. The molecule has 1 aliphatic carbocycles. The minimum absolute atomic E-state index is 0. The van der Waals surface area contributed by atoms with Crippen LogP contribution in [0.5, 0.6) is 11.5 Å². The number of carbonyl (C=O) groups is 2. The molecular formula is C31H35NO6. The number of nitrogens with one attached hydrogen (secondary N) is 1. The molecule has 38 heavy (non-hydrogen) atoms. The van der Waals surface area contributed by atoms with Crippen LogP contribution in [0.15, 0.2) is 60.7 Å². The topological polar surface area (TPSA) is 105 Å². The molecule has 0 saturated heterocycles. The van der Waals surface area contributed by atoms with Gasteiger partial charge in [-0.2, -0.15) is 0 Å². The normalized spacial score (nSPS) is 15.3. The average molecular weight is 518 g/mol. The maximum Gasteiger partial charge on any atom is 0.251 e. The van der Waals surface area contributed by atoms with Crippen LogP contribution in [0.3, 0.4) is 0 Å². The molecule has 1 heterocycles. The molecule has 3 aromatic rings. The summed E-state index contributed by atoms with van der Waals surface area (Å²) in [6.45, 7) is 3.35. The molecule has 200 valence electrons. The van der Waals surface area contributed by atoms with Gasteiger partial charge in [0.15, 0.2) is 11.5 Å². The Hall–Kier alpha value is -3.68. The quantitative estimate of drug-likeness (QED) is 0.370. The van der Waals surface area contributed by atoms with E-state index in [0.29, 0.717) is 24.2 Å². The number of hydrogen-bond donors (Lipinski definition) is 3. The van der Waals surface area contributed by atoms with E-state index in [1.54, 1.807) is 19.1 Å². The highest BCUT2D eigenvalue weighted by Crippen LogP contribution is 2.51. The first-order valence-corrected chi connectivity index (χ1v) is 13.0. The molecule has 1 fully saturated rings. The second-order valence-corrected chi connectivity index (χ2v) is 10.4. The molecule has 0 atom stereocenters. The lowest BCUT2D eigenvalue weighted by Crippen LogP contribution is -2.53. The van der Waals surface area contributed by atoms with Crippen molar-refractivity contribution in [2.24, 2.45) is 0 Å². The van der Waals surface area contributed by atoms with Crippen molar-refractivity contribution in [1.29, 1.82) is 0 Å². The van der Waals surface area contributed by atoms with E-state index in [0.717, 1.165) is 46.4 Å². The third-order valence-corrected chi connectivity index (χ3v) is 7.99. The molecule has 0 radical (unpaired) electrons. The van der Waals surface area contributed by atoms with E-state index in [1.165, 1.54) is 0 Å². The van der Waals surface area contributed by atoms with Gasteiger partial charge >= 0.3 is 0 Å². The summed E-state index contributed by atoms with van der Waals surface area (Å²) < 4.78 is 10.9. The Morgan fingerprint density at radius 3 is 2.34 bits per heavy atom. The Balaban J connectivity index is 0.00000353. The van der Waals surface area contributed by atoms with Crippen LogP contribution in [0.4, 0.5) is 0 Å². The first-order valence-electron chi connectivity index (χ1n) is 13.0. The molecule has 0 unspecified atom stereocenters. The molecular weight excluding hydrogens is 482 g/mol. The van der Waals surface area contributed by atoms with E-state index in [4.69, 9.17) is 9.47 Å². The van der Waals surface area contributed by atoms with Crippen molar-refractivity contribution in [3.8, 4) is 22.6 Å². The van der Waals surface area contributed by atoms with Crippen molar-refractivity contribution in [1.82, 2.24) is 5.32 Å². The second-order valence-electron chi connectivity index (χ2n) is 10.4. The Labute approximate surface area is 223 Å². The van der Waals surface area contributed by atoms with Crippen LogP contribution in [0.1, 0.15) is 54.7 Å². The van der Waals surface area contributed by atoms with Gasteiger partial charge in [-0.15, -0.1) is 0 Å². The zero-order chi connectivity index (χ0) is 26.9. The summed E-state index contributed by atoms with van der Waals surface area (Å²) in [6.07, 6.45) is 2.41. The summed E-state index contributed by atoms with van der Waals surface area (Å²) in [4.78, 5) is 26.2. The monoisotopic (exact) mass is 517 g/mol. The third kappa shape index (κ3) is 4.79. The van der Waals surface area contributed by atoms with E-state index in [2.05, 4.69) is 11.4 Å². The van der Waals surface area contributed by atoms with Gasteiger partial charge in [-0.05, 0) is 78.3 Å². The number of rotatable bonds is 10. The number of benzene rings is 3. The highest BCUT2D eigenvalue weighted by molar-refractivity contribution is 5.96. The lowest BCUT2D eigenvalue weighted by atomic mass is 9.87. The SMILES string of the molecule is CCC(CO)(CO)NC(=O)c1ccc(-c2cc(CC(=O)C3(c4ccc5c(c4)OCO5)CC3)ccc2C)cc1.[HH]. The van der Waals surface area contributed by atoms with Crippen LogP contribution < -0.4 is 14.8 Å². The van der Waals surface area contributed by atoms with Crippen molar-refractivity contribution in [2.45, 2.75) is 50.5 Å². The molecule has 0 aromatic heterocycles. The fraction of sp³-hybridized carbons (Fsp3) is 0.355. The number of aliphatic hydroxyl groups is 2. The van der Waals surface area contributed by atoms with E-state index in [1.807, 2.05) is 49.4 Å². The van der Waals surface area contributed by atoms with Crippen LogP contribution >= 0.6 is 0 Å². The summed E-state index contributed by atoms with van der Waals surface area (Å²) in [6, 6.07) is 19.1. The number of amides is 1. The summed E-state index contributed by atoms with van der Waals surface area (Å²) in [5, 5.41) is 22.0. The van der Waals surface area contributed by atoms with Crippen molar-refractivity contribution in [2.75, 3.05) is 20.0 Å². The average Bonchev–Trinajstić information content (AvgIpc) is 3.63. The number of ether oxygens (including phenoxy) is 2. The Kier molecular flexibility index (Phi) is 6.99. The van der Waals surface area contributed by atoms with Crippen molar-refractivity contribution in [3.05, 3.63) is 82.9 Å². The van der Waals surface area contributed by atoms with E-state index >= 15 is 0 Å². The van der Waals surface area contributed by atoms with Gasteiger partial charge in [0, 0.05) is 13.4 Å². The van der Waals surface area contributed by atoms with Crippen LogP contribution in [0.2, 0.25) is 0 Å².